The molecule has 0 atom stereocenters. The summed E-state index contributed by atoms with van der Waals surface area (Å²) >= 11 is 1.10. The maximum atomic E-state index is 12.1. The predicted molar refractivity (Wildman–Crippen MR) is 75.7 cm³/mol. The minimum atomic E-state index is -0.481. The van der Waals surface area contributed by atoms with Crippen molar-refractivity contribution in [3.05, 3.63) is 16.0 Å². The first-order chi connectivity index (χ1) is 9.58. The summed E-state index contributed by atoms with van der Waals surface area (Å²) in [6.07, 6.45) is 3.92. The Bertz CT molecular complexity index is 580. The van der Waals surface area contributed by atoms with Crippen molar-refractivity contribution in [2.24, 2.45) is 5.92 Å². The van der Waals surface area contributed by atoms with Crippen LogP contribution in [0.1, 0.15) is 46.5 Å². The molecule has 1 saturated carbocycles. The molecule has 1 heterocycles. The van der Waals surface area contributed by atoms with Gasteiger partial charge in [-0.3, -0.25) is 4.79 Å². The zero-order valence-corrected chi connectivity index (χ0v) is 12.3. The lowest BCUT2D eigenvalue weighted by Crippen LogP contribution is -2.20. The zero-order chi connectivity index (χ0) is 14.7. The van der Waals surface area contributed by atoms with Crippen LogP contribution < -0.4 is 5.32 Å². The van der Waals surface area contributed by atoms with Gasteiger partial charge in [0.15, 0.2) is 0 Å². The minimum absolute atomic E-state index is 0.0190. The fraction of sp³-hybridized carbons (Fsp3) is 0.500. The molecule has 0 aliphatic heterocycles. The second-order valence-electron chi connectivity index (χ2n) is 4.83. The highest BCUT2D eigenvalue weighted by atomic mass is 32.1. The number of carbonyl (C=O) groups is 2. The molecular weight excluding hydrogens is 276 g/mol. The highest BCUT2D eigenvalue weighted by molar-refractivity contribution is 7.18. The third kappa shape index (κ3) is 2.68. The molecule has 0 radical (unpaired) electrons. The molecule has 0 saturated heterocycles. The summed E-state index contributed by atoms with van der Waals surface area (Å²) < 4.78 is 4.68. The standard InChI is InChI=1S/C14H16N2O3S/c1-8-10(7-15)13(20-11(8)14(18)19-2)16-12(17)9-5-3-4-6-9/h9H,3-6H2,1-2H3,(H,16,17). The van der Waals surface area contributed by atoms with Crippen molar-refractivity contribution < 1.29 is 14.3 Å². The SMILES string of the molecule is COC(=O)c1sc(NC(=O)C2CCCC2)c(C#N)c1C. The van der Waals surface area contributed by atoms with Crippen LogP contribution in [-0.4, -0.2) is 19.0 Å². The molecule has 0 bridgehead atoms. The number of hydrogen-bond acceptors (Lipinski definition) is 5. The normalized spacial score (nSPS) is 14.8. The molecule has 1 N–H and O–H groups in total. The second kappa shape index (κ2) is 6.06. The van der Waals surface area contributed by atoms with Crippen molar-refractivity contribution in [3.8, 4) is 6.07 Å². The van der Waals surface area contributed by atoms with Crippen molar-refractivity contribution in [2.75, 3.05) is 12.4 Å². The summed E-state index contributed by atoms with van der Waals surface area (Å²) in [7, 11) is 1.30. The Labute approximate surface area is 121 Å². The Kier molecular flexibility index (Phi) is 4.40. The lowest BCUT2D eigenvalue weighted by Gasteiger charge is -2.08. The quantitative estimate of drug-likeness (QED) is 0.869. The van der Waals surface area contributed by atoms with Crippen LogP contribution in [0, 0.1) is 24.2 Å². The number of ether oxygens (including phenoxy) is 1. The fourth-order valence-electron chi connectivity index (χ4n) is 2.43. The van der Waals surface area contributed by atoms with Gasteiger partial charge in [0, 0.05) is 5.92 Å². The van der Waals surface area contributed by atoms with E-state index < -0.39 is 5.97 Å². The summed E-state index contributed by atoms with van der Waals surface area (Å²) in [5, 5.41) is 12.4. The summed E-state index contributed by atoms with van der Waals surface area (Å²) in [6, 6.07) is 2.05. The molecule has 1 fully saturated rings. The van der Waals surface area contributed by atoms with Crippen LogP contribution in [0.4, 0.5) is 5.00 Å². The van der Waals surface area contributed by atoms with E-state index >= 15 is 0 Å². The van der Waals surface area contributed by atoms with Gasteiger partial charge in [-0.15, -0.1) is 11.3 Å². The van der Waals surface area contributed by atoms with Gasteiger partial charge in [-0.2, -0.15) is 5.26 Å². The lowest BCUT2D eigenvalue weighted by molar-refractivity contribution is -0.119. The number of esters is 1. The molecule has 0 aromatic carbocycles. The van der Waals surface area contributed by atoms with Gasteiger partial charge in [0.05, 0.1) is 12.7 Å². The first-order valence-electron chi connectivity index (χ1n) is 6.51. The van der Waals surface area contributed by atoms with Crippen LogP contribution in [-0.2, 0) is 9.53 Å². The van der Waals surface area contributed by atoms with E-state index in [4.69, 9.17) is 0 Å². The summed E-state index contributed by atoms with van der Waals surface area (Å²) in [5.74, 6) is -0.521. The van der Waals surface area contributed by atoms with Crippen LogP contribution in [0.2, 0.25) is 0 Å². The molecule has 1 amide bonds. The van der Waals surface area contributed by atoms with Crippen LogP contribution in [0.3, 0.4) is 0 Å². The van der Waals surface area contributed by atoms with Gasteiger partial charge in [-0.25, -0.2) is 4.79 Å². The first-order valence-corrected chi connectivity index (χ1v) is 7.32. The Balaban J connectivity index is 2.25. The van der Waals surface area contributed by atoms with Gasteiger partial charge in [0.25, 0.3) is 0 Å². The van der Waals surface area contributed by atoms with E-state index in [9.17, 15) is 14.9 Å². The third-order valence-electron chi connectivity index (χ3n) is 3.59. The average Bonchev–Trinajstić information content (AvgIpc) is 3.06. The molecule has 20 heavy (non-hydrogen) atoms. The smallest absolute Gasteiger partial charge is 0.348 e. The summed E-state index contributed by atoms with van der Waals surface area (Å²) in [5.41, 5.74) is 0.910. The van der Waals surface area contributed by atoms with Crippen molar-refractivity contribution in [2.45, 2.75) is 32.6 Å². The van der Waals surface area contributed by atoms with Crippen molar-refractivity contribution in [3.63, 3.8) is 0 Å². The van der Waals surface area contributed by atoms with Crippen molar-refractivity contribution in [1.82, 2.24) is 0 Å². The molecule has 6 heteroatoms. The largest absolute Gasteiger partial charge is 0.465 e. The first kappa shape index (κ1) is 14.5. The van der Waals surface area contributed by atoms with Crippen LogP contribution in [0.15, 0.2) is 0 Å². The molecule has 2 rings (SSSR count). The molecule has 5 nitrogen and oxygen atoms in total. The van der Waals surface area contributed by atoms with Gasteiger partial charge >= 0.3 is 5.97 Å². The number of nitriles is 1. The number of thiophene rings is 1. The molecule has 0 spiro atoms. The number of nitrogens with one attached hydrogen (secondary N) is 1. The highest BCUT2D eigenvalue weighted by Gasteiger charge is 2.26. The predicted octanol–water partition coefficient (Wildman–Crippen LogP) is 2.84. The van der Waals surface area contributed by atoms with Gasteiger partial charge < -0.3 is 10.1 Å². The Hall–Kier alpha value is -1.87. The van der Waals surface area contributed by atoms with Crippen molar-refractivity contribution >= 4 is 28.2 Å². The van der Waals surface area contributed by atoms with Crippen molar-refractivity contribution in [1.29, 1.82) is 5.26 Å². The zero-order valence-electron chi connectivity index (χ0n) is 11.5. The molecule has 1 aromatic rings. The van der Waals surface area contributed by atoms with E-state index in [-0.39, 0.29) is 11.8 Å². The number of amides is 1. The maximum Gasteiger partial charge on any atom is 0.348 e. The number of hydrogen-bond donors (Lipinski definition) is 1. The molecule has 1 aromatic heterocycles. The average molecular weight is 292 g/mol. The highest BCUT2D eigenvalue weighted by Crippen LogP contribution is 2.34. The number of rotatable bonds is 3. The lowest BCUT2D eigenvalue weighted by atomic mass is 10.1. The van der Waals surface area contributed by atoms with Crippen LogP contribution >= 0.6 is 11.3 Å². The molecule has 1 aliphatic carbocycles. The number of nitrogens with zero attached hydrogens (tertiary/aromatic N) is 1. The minimum Gasteiger partial charge on any atom is -0.465 e. The van der Waals surface area contributed by atoms with Gasteiger partial charge in [0.2, 0.25) is 5.91 Å². The number of anilines is 1. The topological polar surface area (TPSA) is 79.2 Å². The molecular formula is C14H16N2O3S. The Morgan fingerprint density at radius 1 is 1.40 bits per heavy atom. The van der Waals surface area contributed by atoms with Gasteiger partial charge in [0.1, 0.15) is 15.9 Å². The maximum absolute atomic E-state index is 12.1. The van der Waals surface area contributed by atoms with Crippen LogP contribution in [0.25, 0.3) is 0 Å². The van der Waals surface area contributed by atoms with Gasteiger partial charge in [-0.1, -0.05) is 12.8 Å². The Morgan fingerprint density at radius 3 is 2.60 bits per heavy atom. The molecule has 1 aliphatic rings. The van der Waals surface area contributed by atoms with E-state index in [1.54, 1.807) is 6.92 Å². The fourth-order valence-corrected chi connectivity index (χ4v) is 3.50. The summed E-state index contributed by atoms with van der Waals surface area (Å²) in [4.78, 5) is 24.1. The van der Waals surface area contributed by atoms with E-state index in [0.29, 0.717) is 21.0 Å². The third-order valence-corrected chi connectivity index (χ3v) is 4.78. The molecule has 106 valence electrons. The second-order valence-corrected chi connectivity index (χ2v) is 5.85. The van der Waals surface area contributed by atoms with Crippen LogP contribution in [0.5, 0.6) is 0 Å². The van der Waals surface area contributed by atoms with E-state index in [1.165, 1.54) is 7.11 Å². The van der Waals surface area contributed by atoms with Gasteiger partial charge in [-0.05, 0) is 25.3 Å². The van der Waals surface area contributed by atoms with E-state index in [0.717, 1.165) is 37.0 Å². The number of methoxy groups -OCH3 is 1. The Morgan fingerprint density at radius 2 is 2.05 bits per heavy atom. The number of carbonyl (C=O) groups excluding carboxylic acids is 2. The van der Waals surface area contributed by atoms with E-state index in [1.807, 2.05) is 6.07 Å². The molecule has 0 unspecified atom stereocenters. The monoisotopic (exact) mass is 292 g/mol. The van der Waals surface area contributed by atoms with E-state index in [2.05, 4.69) is 10.1 Å². The summed E-state index contributed by atoms with van der Waals surface area (Å²) in [6.45, 7) is 1.69.